The van der Waals surface area contributed by atoms with Gasteiger partial charge in [-0.3, -0.25) is 4.57 Å². The van der Waals surface area contributed by atoms with Crippen molar-refractivity contribution in [3.63, 3.8) is 0 Å². The fraction of sp³-hybridized carbons (Fsp3) is 1.00. The first-order chi connectivity index (χ1) is 6.24. The molecule has 1 heterocycles. The van der Waals surface area contributed by atoms with Crippen molar-refractivity contribution < 1.29 is 14.3 Å². The van der Waals surface area contributed by atoms with Crippen LogP contribution in [-0.4, -0.2) is 34.4 Å². The first-order valence-electron chi connectivity index (χ1n) is 4.45. The van der Waals surface area contributed by atoms with Gasteiger partial charge in [0.2, 0.25) is 8.03 Å². The van der Waals surface area contributed by atoms with Crippen molar-refractivity contribution in [1.82, 2.24) is 5.06 Å². The van der Waals surface area contributed by atoms with Gasteiger partial charge in [0.1, 0.15) is 5.85 Å². The lowest BCUT2D eigenvalue weighted by Crippen LogP contribution is -2.28. The number of nitrogens with zero attached hydrogens (tertiary/aromatic N) is 1. The van der Waals surface area contributed by atoms with Crippen LogP contribution in [0.15, 0.2) is 0 Å². The molecule has 0 aromatic carbocycles. The van der Waals surface area contributed by atoms with E-state index in [0.29, 0.717) is 5.33 Å². The van der Waals surface area contributed by atoms with Gasteiger partial charge in [0, 0.05) is 18.4 Å². The molecule has 0 bridgehead atoms. The van der Waals surface area contributed by atoms with E-state index in [9.17, 15) is 9.67 Å². The summed E-state index contributed by atoms with van der Waals surface area (Å²) in [4.78, 5) is 0. The van der Waals surface area contributed by atoms with E-state index >= 15 is 0 Å². The molecule has 2 atom stereocenters. The van der Waals surface area contributed by atoms with Gasteiger partial charge in [-0.1, -0.05) is 22.4 Å². The Bertz CT molecular complexity index is 175. The fourth-order valence-corrected chi connectivity index (χ4v) is 2.68. The van der Waals surface area contributed by atoms with E-state index in [1.807, 2.05) is 0 Å². The molecule has 0 aliphatic carbocycles. The van der Waals surface area contributed by atoms with Crippen LogP contribution in [0.4, 0.5) is 0 Å². The first kappa shape index (κ1) is 11.7. The zero-order valence-corrected chi connectivity index (χ0v) is 9.99. The van der Waals surface area contributed by atoms with Crippen LogP contribution in [-0.2, 0) is 9.19 Å². The van der Waals surface area contributed by atoms with Crippen LogP contribution in [0.25, 0.3) is 0 Å². The van der Waals surface area contributed by atoms with E-state index in [-0.39, 0.29) is 0 Å². The van der Waals surface area contributed by atoms with E-state index in [1.165, 1.54) is 6.42 Å². The van der Waals surface area contributed by atoms with Gasteiger partial charge in [0.05, 0.1) is 0 Å². The van der Waals surface area contributed by atoms with Crippen LogP contribution in [0.3, 0.4) is 0 Å². The van der Waals surface area contributed by atoms with Gasteiger partial charge < -0.3 is 5.11 Å². The third-order valence-corrected chi connectivity index (χ3v) is 4.35. The summed E-state index contributed by atoms with van der Waals surface area (Å²) < 4.78 is 16.4. The number of piperidine rings is 1. The molecular formula is C7H15BrNO3P. The van der Waals surface area contributed by atoms with Gasteiger partial charge in [-0.05, 0) is 12.8 Å². The van der Waals surface area contributed by atoms with E-state index in [1.54, 1.807) is 5.06 Å². The Labute approximate surface area is 87.2 Å². The monoisotopic (exact) mass is 271 g/mol. The Hall–Kier alpha value is 0.590. The topological polar surface area (TPSA) is 49.8 Å². The predicted octanol–water partition coefficient (Wildman–Crippen LogP) is 1.59. The SMILES string of the molecule is O=[PH](ON1CCCCC1)C(O)CBr. The number of alkyl halides is 1. The highest BCUT2D eigenvalue weighted by Gasteiger charge is 2.18. The minimum Gasteiger partial charge on any atom is -0.382 e. The molecule has 1 saturated heterocycles. The average Bonchev–Trinajstić information content (AvgIpc) is 2.18. The molecular weight excluding hydrogens is 257 g/mol. The van der Waals surface area contributed by atoms with E-state index in [2.05, 4.69) is 15.9 Å². The minimum atomic E-state index is -2.33. The lowest BCUT2D eigenvalue weighted by Gasteiger charge is -2.25. The van der Waals surface area contributed by atoms with Gasteiger partial charge in [0.15, 0.2) is 0 Å². The summed E-state index contributed by atoms with van der Waals surface area (Å²) in [6, 6.07) is 0. The molecule has 0 radical (unpaired) electrons. The maximum absolute atomic E-state index is 11.3. The smallest absolute Gasteiger partial charge is 0.237 e. The number of aliphatic hydroxyl groups is 1. The van der Waals surface area contributed by atoms with Crippen molar-refractivity contribution in [2.45, 2.75) is 25.1 Å². The summed E-state index contributed by atoms with van der Waals surface area (Å²) in [5.41, 5.74) is 0. The van der Waals surface area contributed by atoms with Crippen LogP contribution < -0.4 is 0 Å². The third-order valence-electron chi connectivity index (χ3n) is 1.95. The number of hydroxylamine groups is 2. The van der Waals surface area contributed by atoms with E-state index in [4.69, 9.17) is 4.62 Å². The summed E-state index contributed by atoms with van der Waals surface area (Å²) in [5.74, 6) is -0.869. The maximum atomic E-state index is 11.3. The molecule has 0 aromatic heterocycles. The second kappa shape index (κ2) is 6.14. The van der Waals surface area contributed by atoms with Gasteiger partial charge in [0.25, 0.3) is 0 Å². The van der Waals surface area contributed by atoms with Crippen LogP contribution in [0.1, 0.15) is 19.3 Å². The van der Waals surface area contributed by atoms with Gasteiger partial charge in [-0.2, -0.15) is 5.06 Å². The summed E-state index contributed by atoms with van der Waals surface area (Å²) in [6.45, 7) is 1.65. The lowest BCUT2D eigenvalue weighted by atomic mass is 10.2. The zero-order chi connectivity index (χ0) is 9.68. The van der Waals surface area contributed by atoms with Crippen molar-refractivity contribution in [3.8, 4) is 0 Å². The van der Waals surface area contributed by atoms with Crippen LogP contribution in [0.2, 0.25) is 0 Å². The van der Waals surface area contributed by atoms with Crippen molar-refractivity contribution >= 4 is 24.0 Å². The summed E-state index contributed by atoms with van der Waals surface area (Å²) >= 11 is 3.06. The second-order valence-corrected chi connectivity index (χ2v) is 5.20. The molecule has 6 heteroatoms. The average molecular weight is 272 g/mol. The quantitative estimate of drug-likeness (QED) is 0.623. The highest BCUT2D eigenvalue weighted by molar-refractivity contribution is 9.09. The Balaban J connectivity index is 2.26. The Morgan fingerprint density at radius 3 is 2.62 bits per heavy atom. The Kier molecular flexibility index (Phi) is 5.51. The standard InChI is InChI=1S/C7H15BrNO3P/c8-6-7(10)13(11)12-9-4-2-1-3-5-9/h7,10,13H,1-6H2. The van der Waals surface area contributed by atoms with Gasteiger partial charge in [-0.15, -0.1) is 0 Å². The van der Waals surface area contributed by atoms with Crippen molar-refractivity contribution in [2.24, 2.45) is 0 Å². The number of rotatable bonds is 4. The molecule has 1 aliphatic heterocycles. The molecule has 0 amide bonds. The van der Waals surface area contributed by atoms with Crippen molar-refractivity contribution in [3.05, 3.63) is 0 Å². The number of aliphatic hydroxyl groups excluding tert-OH is 1. The molecule has 1 rings (SSSR count). The normalized spacial score (nSPS) is 24.2. The summed E-state index contributed by atoms with van der Waals surface area (Å²) in [6.07, 6.45) is 3.38. The molecule has 1 N–H and O–H groups in total. The molecule has 13 heavy (non-hydrogen) atoms. The highest BCUT2D eigenvalue weighted by Crippen LogP contribution is 2.31. The summed E-state index contributed by atoms with van der Waals surface area (Å²) in [5, 5.41) is 11.2. The van der Waals surface area contributed by atoms with Crippen molar-refractivity contribution in [2.75, 3.05) is 18.4 Å². The van der Waals surface area contributed by atoms with Crippen LogP contribution >= 0.6 is 24.0 Å². The lowest BCUT2D eigenvalue weighted by molar-refractivity contribution is -0.0686. The molecule has 0 aromatic rings. The second-order valence-electron chi connectivity index (χ2n) is 3.07. The fourth-order valence-electron chi connectivity index (χ4n) is 1.21. The Morgan fingerprint density at radius 1 is 1.46 bits per heavy atom. The number of hydrogen-bond donors (Lipinski definition) is 1. The van der Waals surface area contributed by atoms with Crippen LogP contribution in [0.5, 0.6) is 0 Å². The summed E-state index contributed by atoms with van der Waals surface area (Å²) in [7, 11) is -2.33. The molecule has 2 unspecified atom stereocenters. The largest absolute Gasteiger partial charge is 0.382 e. The molecule has 78 valence electrons. The Morgan fingerprint density at radius 2 is 2.08 bits per heavy atom. The predicted molar refractivity (Wildman–Crippen MR) is 55.3 cm³/mol. The van der Waals surface area contributed by atoms with Crippen molar-refractivity contribution in [1.29, 1.82) is 0 Å². The minimum absolute atomic E-state index is 0.304. The van der Waals surface area contributed by atoms with Gasteiger partial charge in [-0.25, -0.2) is 4.62 Å². The maximum Gasteiger partial charge on any atom is 0.237 e. The number of halogens is 1. The molecule has 0 saturated carbocycles. The molecule has 4 nitrogen and oxygen atoms in total. The van der Waals surface area contributed by atoms with Gasteiger partial charge >= 0.3 is 0 Å². The van der Waals surface area contributed by atoms with E-state index < -0.39 is 13.9 Å². The third kappa shape index (κ3) is 4.09. The van der Waals surface area contributed by atoms with E-state index in [0.717, 1.165) is 25.9 Å². The molecule has 0 spiro atoms. The van der Waals surface area contributed by atoms with Crippen LogP contribution in [0, 0.1) is 0 Å². The first-order valence-corrected chi connectivity index (χ1v) is 6.96. The zero-order valence-electron chi connectivity index (χ0n) is 7.41. The number of hydrogen-bond acceptors (Lipinski definition) is 4. The highest BCUT2D eigenvalue weighted by atomic mass is 79.9. The molecule has 1 aliphatic rings. The molecule has 1 fully saturated rings.